The summed E-state index contributed by atoms with van der Waals surface area (Å²) in [5.41, 5.74) is 0.415. The van der Waals surface area contributed by atoms with Crippen molar-refractivity contribution in [3.63, 3.8) is 0 Å². The third kappa shape index (κ3) is 5.10. The zero-order valence-corrected chi connectivity index (χ0v) is 15.4. The second-order valence-corrected chi connectivity index (χ2v) is 5.75. The summed E-state index contributed by atoms with van der Waals surface area (Å²) in [6.45, 7) is 5.57. The molecule has 0 atom stereocenters. The van der Waals surface area contributed by atoms with Crippen molar-refractivity contribution >= 4 is 11.9 Å². The van der Waals surface area contributed by atoms with Crippen LogP contribution in [-0.2, 0) is 13.2 Å². The maximum Gasteiger partial charge on any atom is 0.206 e. The first-order valence-electron chi connectivity index (χ1n) is 8.88. The molecule has 0 aliphatic carbocycles. The predicted molar refractivity (Wildman–Crippen MR) is 102 cm³/mol. The summed E-state index contributed by atoms with van der Waals surface area (Å²) < 4.78 is 18.5. The number of hydrogen-bond acceptors (Lipinski definition) is 5. The summed E-state index contributed by atoms with van der Waals surface area (Å²) in [4.78, 5) is 12.1. The largest absolute Gasteiger partial charge is 0.494 e. The van der Waals surface area contributed by atoms with Crippen molar-refractivity contribution in [2.75, 3.05) is 6.61 Å². The molecular weight excluding hydrogens is 344 g/mol. The van der Waals surface area contributed by atoms with Gasteiger partial charge in [0.05, 0.1) is 6.61 Å². The monoisotopic (exact) mass is 366 g/mol. The number of benzene rings is 1. The molecule has 0 aliphatic heterocycles. The van der Waals surface area contributed by atoms with Crippen LogP contribution in [0.25, 0.3) is 6.08 Å². The van der Waals surface area contributed by atoms with Gasteiger partial charge in [0.25, 0.3) is 0 Å². The minimum Gasteiger partial charge on any atom is -0.494 e. The van der Waals surface area contributed by atoms with Crippen LogP contribution in [0.5, 0.6) is 11.5 Å². The molecule has 6 heteroatoms. The van der Waals surface area contributed by atoms with E-state index in [1.807, 2.05) is 44.2 Å². The van der Waals surface area contributed by atoms with E-state index in [1.54, 1.807) is 29.1 Å². The van der Waals surface area contributed by atoms with E-state index in [9.17, 15) is 4.79 Å². The number of allylic oxidation sites excluding steroid dienone is 1. The molecule has 0 fully saturated rings. The minimum absolute atomic E-state index is 0.161. The smallest absolute Gasteiger partial charge is 0.206 e. The first-order valence-corrected chi connectivity index (χ1v) is 8.88. The first-order chi connectivity index (χ1) is 13.2. The van der Waals surface area contributed by atoms with Gasteiger partial charge in [-0.2, -0.15) is 5.10 Å². The van der Waals surface area contributed by atoms with Crippen molar-refractivity contribution in [3.8, 4) is 11.5 Å². The number of ketones is 1. The molecule has 2 aromatic heterocycles. The Morgan fingerprint density at radius 1 is 1.07 bits per heavy atom. The highest BCUT2D eigenvalue weighted by molar-refractivity contribution is 6.05. The molecule has 6 nitrogen and oxygen atoms in total. The fraction of sp³-hybridized carbons (Fsp3) is 0.238. The number of hydrogen-bond donors (Lipinski definition) is 0. The molecule has 27 heavy (non-hydrogen) atoms. The van der Waals surface area contributed by atoms with Gasteiger partial charge in [-0.05, 0) is 68.5 Å². The lowest BCUT2D eigenvalue weighted by Gasteiger charge is -2.06. The summed E-state index contributed by atoms with van der Waals surface area (Å²) >= 11 is 0. The summed E-state index contributed by atoms with van der Waals surface area (Å²) in [6, 6.07) is 12.7. The van der Waals surface area contributed by atoms with Gasteiger partial charge in [0, 0.05) is 12.7 Å². The molecule has 0 bridgehead atoms. The Balaban J connectivity index is 1.54. The van der Waals surface area contributed by atoms with Gasteiger partial charge < -0.3 is 13.9 Å². The topological polar surface area (TPSA) is 66.5 Å². The lowest BCUT2D eigenvalue weighted by molar-refractivity contribution is 0.104. The molecule has 0 saturated heterocycles. The standard InChI is InChI=1S/C21H22N2O4/c1-3-23-14-13-20(22-23)21(24)12-11-18-9-10-19(27-18)15-26-17-7-5-16(6-8-17)25-4-2/h5-14H,3-4,15H2,1-2H3/b12-11+. The van der Waals surface area contributed by atoms with E-state index in [-0.39, 0.29) is 5.78 Å². The van der Waals surface area contributed by atoms with Gasteiger partial charge in [-0.1, -0.05) is 0 Å². The second-order valence-electron chi connectivity index (χ2n) is 5.75. The van der Waals surface area contributed by atoms with Gasteiger partial charge in [-0.3, -0.25) is 9.48 Å². The summed E-state index contributed by atoms with van der Waals surface area (Å²) in [6.07, 6.45) is 4.87. The van der Waals surface area contributed by atoms with E-state index in [1.165, 1.54) is 6.08 Å². The van der Waals surface area contributed by atoms with E-state index >= 15 is 0 Å². The van der Waals surface area contributed by atoms with Crippen LogP contribution in [0.1, 0.15) is 35.9 Å². The number of ether oxygens (including phenoxy) is 2. The Bertz CT molecular complexity index is 906. The quantitative estimate of drug-likeness (QED) is 0.415. The number of carbonyl (C=O) groups excluding carboxylic acids is 1. The zero-order valence-electron chi connectivity index (χ0n) is 15.4. The normalized spacial score (nSPS) is 11.0. The van der Waals surface area contributed by atoms with Crippen molar-refractivity contribution in [3.05, 3.63) is 72.0 Å². The average Bonchev–Trinajstić information content (AvgIpc) is 3.35. The molecule has 0 saturated carbocycles. The van der Waals surface area contributed by atoms with Crippen molar-refractivity contribution in [1.29, 1.82) is 0 Å². The fourth-order valence-electron chi connectivity index (χ4n) is 2.43. The molecule has 2 heterocycles. The van der Waals surface area contributed by atoms with Crippen LogP contribution in [0.2, 0.25) is 0 Å². The van der Waals surface area contributed by atoms with E-state index in [4.69, 9.17) is 13.9 Å². The van der Waals surface area contributed by atoms with E-state index in [2.05, 4.69) is 5.10 Å². The molecule has 0 N–H and O–H groups in total. The molecule has 3 aromatic rings. The molecule has 0 radical (unpaired) electrons. The van der Waals surface area contributed by atoms with Crippen molar-refractivity contribution in [1.82, 2.24) is 9.78 Å². The SMILES string of the molecule is CCOc1ccc(OCc2ccc(/C=C/C(=O)c3ccn(CC)n3)o2)cc1. The van der Waals surface area contributed by atoms with Crippen LogP contribution in [-0.4, -0.2) is 22.2 Å². The van der Waals surface area contributed by atoms with Crippen LogP contribution in [0, 0.1) is 0 Å². The fourth-order valence-corrected chi connectivity index (χ4v) is 2.43. The lowest BCUT2D eigenvalue weighted by Crippen LogP contribution is -1.99. The summed E-state index contributed by atoms with van der Waals surface area (Å²) in [5, 5.41) is 4.18. The Hall–Kier alpha value is -3.28. The third-order valence-electron chi connectivity index (χ3n) is 3.81. The van der Waals surface area contributed by atoms with Gasteiger partial charge in [0.2, 0.25) is 5.78 Å². The molecule has 0 aliphatic rings. The van der Waals surface area contributed by atoms with Crippen LogP contribution in [0.15, 0.2) is 59.2 Å². The Morgan fingerprint density at radius 2 is 1.81 bits per heavy atom. The van der Waals surface area contributed by atoms with E-state index in [0.29, 0.717) is 30.4 Å². The Labute approximate surface area is 158 Å². The second kappa shape index (κ2) is 8.89. The summed E-state index contributed by atoms with van der Waals surface area (Å²) in [7, 11) is 0. The summed E-state index contributed by atoms with van der Waals surface area (Å²) in [5.74, 6) is 2.64. The molecule has 0 spiro atoms. The van der Waals surface area contributed by atoms with Crippen molar-refractivity contribution in [2.24, 2.45) is 0 Å². The van der Waals surface area contributed by atoms with Gasteiger partial charge in [-0.15, -0.1) is 0 Å². The highest BCUT2D eigenvalue weighted by Gasteiger charge is 2.07. The number of aromatic nitrogens is 2. The Kier molecular flexibility index (Phi) is 6.10. The third-order valence-corrected chi connectivity index (χ3v) is 3.81. The average molecular weight is 366 g/mol. The van der Waals surface area contributed by atoms with Gasteiger partial charge in [0.1, 0.15) is 35.3 Å². The van der Waals surface area contributed by atoms with Gasteiger partial charge in [-0.25, -0.2) is 0 Å². The van der Waals surface area contributed by atoms with Crippen molar-refractivity contribution in [2.45, 2.75) is 27.0 Å². The highest BCUT2D eigenvalue weighted by Crippen LogP contribution is 2.19. The van der Waals surface area contributed by atoms with Crippen LogP contribution in [0.3, 0.4) is 0 Å². The molecule has 0 unspecified atom stereocenters. The minimum atomic E-state index is -0.161. The van der Waals surface area contributed by atoms with Gasteiger partial charge in [0.15, 0.2) is 0 Å². The predicted octanol–water partition coefficient (Wildman–Crippen LogP) is 4.37. The molecule has 0 amide bonds. The molecule has 1 aromatic carbocycles. The number of rotatable bonds is 9. The number of carbonyl (C=O) groups is 1. The number of aryl methyl sites for hydroxylation is 1. The van der Waals surface area contributed by atoms with Crippen molar-refractivity contribution < 1.29 is 18.7 Å². The lowest BCUT2D eigenvalue weighted by atomic mass is 10.2. The van der Waals surface area contributed by atoms with Gasteiger partial charge >= 0.3 is 0 Å². The van der Waals surface area contributed by atoms with Crippen LogP contribution < -0.4 is 9.47 Å². The zero-order chi connectivity index (χ0) is 19.1. The first kappa shape index (κ1) is 18.5. The Morgan fingerprint density at radius 3 is 2.48 bits per heavy atom. The van der Waals surface area contributed by atoms with E-state index in [0.717, 1.165) is 18.0 Å². The van der Waals surface area contributed by atoms with Crippen LogP contribution >= 0.6 is 0 Å². The molecular formula is C21H22N2O4. The number of nitrogens with zero attached hydrogens (tertiary/aromatic N) is 2. The maximum absolute atomic E-state index is 12.1. The molecule has 140 valence electrons. The maximum atomic E-state index is 12.1. The van der Waals surface area contributed by atoms with E-state index < -0.39 is 0 Å². The van der Waals surface area contributed by atoms with Crippen LogP contribution in [0.4, 0.5) is 0 Å². The number of furan rings is 1. The molecule has 3 rings (SSSR count). The highest BCUT2D eigenvalue weighted by atomic mass is 16.5.